The minimum absolute atomic E-state index is 0.261. The molecule has 1 aromatic heterocycles. The summed E-state index contributed by atoms with van der Waals surface area (Å²) in [6.07, 6.45) is 0. The molecule has 0 saturated carbocycles. The summed E-state index contributed by atoms with van der Waals surface area (Å²) in [5, 5.41) is 9.92. The molecule has 0 amide bonds. The quantitative estimate of drug-likeness (QED) is 0.868. The first-order valence-corrected chi connectivity index (χ1v) is 5.19. The lowest BCUT2D eigenvalue weighted by molar-refractivity contribution is 0.994. The lowest BCUT2D eigenvalue weighted by Gasteiger charge is -2.07. The van der Waals surface area contributed by atoms with Crippen LogP contribution in [0.3, 0.4) is 0 Å². The van der Waals surface area contributed by atoms with E-state index < -0.39 is 0 Å². The Labute approximate surface area is 101 Å². The molecule has 0 aliphatic heterocycles. The second-order valence-corrected chi connectivity index (χ2v) is 3.82. The van der Waals surface area contributed by atoms with Crippen molar-refractivity contribution in [2.75, 3.05) is 5.32 Å². The highest BCUT2D eigenvalue weighted by atomic mass is 35.5. The predicted molar refractivity (Wildman–Crippen MR) is 64.6 cm³/mol. The van der Waals surface area contributed by atoms with Crippen molar-refractivity contribution in [1.82, 2.24) is 10.2 Å². The van der Waals surface area contributed by atoms with Gasteiger partial charge in [-0.1, -0.05) is 29.3 Å². The Morgan fingerprint density at radius 3 is 2.69 bits per heavy atom. The molecule has 0 bridgehead atoms. The molecular formula is C10H7Cl2N3O. The van der Waals surface area contributed by atoms with Crippen LogP contribution in [0.4, 0.5) is 11.5 Å². The van der Waals surface area contributed by atoms with Crippen LogP contribution in [-0.2, 0) is 0 Å². The second-order valence-electron chi connectivity index (χ2n) is 3.03. The number of nitrogens with zero attached hydrogens (tertiary/aromatic N) is 1. The van der Waals surface area contributed by atoms with Crippen molar-refractivity contribution >= 4 is 34.7 Å². The largest absolute Gasteiger partial charge is 0.338 e. The first kappa shape index (κ1) is 11.0. The molecule has 0 atom stereocenters. The molecule has 0 fully saturated rings. The fraction of sp³-hybridized carbons (Fsp3) is 0. The fourth-order valence-corrected chi connectivity index (χ4v) is 1.50. The molecule has 0 unspecified atom stereocenters. The number of hydrogen-bond acceptors (Lipinski definition) is 3. The van der Waals surface area contributed by atoms with Crippen molar-refractivity contribution in [1.29, 1.82) is 0 Å². The lowest BCUT2D eigenvalue weighted by atomic mass is 10.3. The van der Waals surface area contributed by atoms with Crippen molar-refractivity contribution in [3.05, 3.63) is 50.7 Å². The van der Waals surface area contributed by atoms with Gasteiger partial charge in [-0.3, -0.25) is 4.79 Å². The summed E-state index contributed by atoms with van der Waals surface area (Å²) in [7, 11) is 0. The summed E-state index contributed by atoms with van der Waals surface area (Å²) in [4.78, 5) is 10.8. The zero-order valence-electron chi connectivity index (χ0n) is 8.00. The maximum atomic E-state index is 10.8. The van der Waals surface area contributed by atoms with E-state index in [0.717, 1.165) is 0 Å². The summed E-state index contributed by atoms with van der Waals surface area (Å²) >= 11 is 11.8. The Balaban J connectivity index is 2.30. The van der Waals surface area contributed by atoms with E-state index in [2.05, 4.69) is 15.5 Å². The van der Waals surface area contributed by atoms with E-state index in [-0.39, 0.29) is 5.56 Å². The normalized spacial score (nSPS) is 10.1. The van der Waals surface area contributed by atoms with E-state index >= 15 is 0 Å². The zero-order chi connectivity index (χ0) is 11.5. The van der Waals surface area contributed by atoms with Crippen molar-refractivity contribution < 1.29 is 0 Å². The molecule has 0 radical (unpaired) electrons. The van der Waals surface area contributed by atoms with Gasteiger partial charge >= 0.3 is 0 Å². The SMILES string of the molecule is O=c1ccc(Nc2cccc(Cl)c2Cl)n[nH]1. The molecular weight excluding hydrogens is 249 g/mol. The summed E-state index contributed by atoms with van der Waals surface area (Å²) in [6, 6.07) is 8.14. The Bertz CT molecular complexity index is 548. The zero-order valence-corrected chi connectivity index (χ0v) is 9.51. The van der Waals surface area contributed by atoms with E-state index in [9.17, 15) is 4.79 Å². The molecule has 82 valence electrons. The molecule has 0 spiro atoms. The number of benzene rings is 1. The Morgan fingerprint density at radius 2 is 2.00 bits per heavy atom. The predicted octanol–water partition coefficient (Wildman–Crippen LogP) is 2.82. The van der Waals surface area contributed by atoms with Gasteiger partial charge in [-0.25, -0.2) is 5.10 Å². The number of H-pyrrole nitrogens is 1. The van der Waals surface area contributed by atoms with Crippen LogP contribution in [0.5, 0.6) is 0 Å². The maximum Gasteiger partial charge on any atom is 0.264 e. The van der Waals surface area contributed by atoms with Crippen LogP contribution in [0.15, 0.2) is 35.1 Å². The smallest absolute Gasteiger partial charge is 0.264 e. The van der Waals surface area contributed by atoms with Crippen LogP contribution < -0.4 is 10.9 Å². The second kappa shape index (κ2) is 4.55. The van der Waals surface area contributed by atoms with Crippen LogP contribution in [-0.4, -0.2) is 10.2 Å². The van der Waals surface area contributed by atoms with Gasteiger partial charge in [0.2, 0.25) is 0 Å². The third-order valence-corrected chi connectivity index (χ3v) is 2.71. The number of aromatic nitrogens is 2. The van der Waals surface area contributed by atoms with Gasteiger partial charge in [0.15, 0.2) is 5.82 Å². The minimum atomic E-state index is -0.261. The topological polar surface area (TPSA) is 57.8 Å². The van der Waals surface area contributed by atoms with Gasteiger partial charge in [-0.05, 0) is 18.2 Å². The van der Waals surface area contributed by atoms with E-state index in [0.29, 0.717) is 21.6 Å². The number of rotatable bonds is 2. The summed E-state index contributed by atoms with van der Waals surface area (Å²) in [5.74, 6) is 0.490. The van der Waals surface area contributed by atoms with Crippen molar-refractivity contribution in [3.8, 4) is 0 Å². The minimum Gasteiger partial charge on any atom is -0.338 e. The molecule has 4 nitrogen and oxygen atoms in total. The number of aromatic amines is 1. The number of anilines is 2. The molecule has 6 heteroatoms. The van der Waals surface area contributed by atoms with Gasteiger partial charge in [-0.2, -0.15) is 5.10 Å². The Morgan fingerprint density at radius 1 is 1.19 bits per heavy atom. The number of halogens is 2. The fourth-order valence-electron chi connectivity index (χ4n) is 1.15. The van der Waals surface area contributed by atoms with Gasteiger partial charge in [0.05, 0.1) is 15.7 Å². The van der Waals surface area contributed by atoms with Crippen LogP contribution in [0.1, 0.15) is 0 Å². The highest BCUT2D eigenvalue weighted by Gasteiger charge is 2.04. The van der Waals surface area contributed by atoms with Gasteiger partial charge in [0, 0.05) is 6.07 Å². The third-order valence-electron chi connectivity index (χ3n) is 1.89. The summed E-state index contributed by atoms with van der Waals surface area (Å²) < 4.78 is 0. The van der Waals surface area contributed by atoms with Gasteiger partial charge < -0.3 is 5.32 Å². The molecule has 2 aromatic rings. The first-order chi connectivity index (χ1) is 7.66. The molecule has 16 heavy (non-hydrogen) atoms. The first-order valence-electron chi connectivity index (χ1n) is 4.43. The average molecular weight is 256 g/mol. The van der Waals surface area contributed by atoms with Gasteiger partial charge in [0.25, 0.3) is 5.56 Å². The molecule has 1 heterocycles. The van der Waals surface area contributed by atoms with Gasteiger partial charge in [-0.15, -0.1) is 0 Å². The lowest BCUT2D eigenvalue weighted by Crippen LogP contribution is -2.07. The maximum absolute atomic E-state index is 10.8. The van der Waals surface area contributed by atoms with E-state index in [1.807, 2.05) is 0 Å². The molecule has 2 rings (SSSR count). The third kappa shape index (κ3) is 2.35. The van der Waals surface area contributed by atoms with Crippen LogP contribution >= 0.6 is 23.2 Å². The Hall–Kier alpha value is -1.52. The van der Waals surface area contributed by atoms with Crippen molar-refractivity contribution in [2.45, 2.75) is 0 Å². The average Bonchev–Trinajstić information content (AvgIpc) is 2.28. The van der Waals surface area contributed by atoms with E-state index in [4.69, 9.17) is 23.2 Å². The van der Waals surface area contributed by atoms with Crippen LogP contribution in [0.25, 0.3) is 0 Å². The van der Waals surface area contributed by atoms with Crippen LogP contribution in [0.2, 0.25) is 10.0 Å². The molecule has 0 saturated heterocycles. The summed E-state index contributed by atoms with van der Waals surface area (Å²) in [5.41, 5.74) is 0.372. The highest BCUT2D eigenvalue weighted by Crippen LogP contribution is 2.30. The molecule has 0 aliphatic carbocycles. The number of hydrogen-bond donors (Lipinski definition) is 2. The van der Waals surface area contributed by atoms with E-state index in [1.54, 1.807) is 24.3 Å². The van der Waals surface area contributed by atoms with Crippen LogP contribution in [0, 0.1) is 0 Å². The molecule has 0 aliphatic rings. The van der Waals surface area contributed by atoms with Gasteiger partial charge in [0.1, 0.15) is 0 Å². The van der Waals surface area contributed by atoms with E-state index in [1.165, 1.54) is 6.07 Å². The Kier molecular flexibility index (Phi) is 3.12. The van der Waals surface area contributed by atoms with Crippen molar-refractivity contribution in [2.24, 2.45) is 0 Å². The molecule has 2 N–H and O–H groups in total. The standard InChI is InChI=1S/C10H7Cl2N3O/c11-6-2-1-3-7(10(6)12)13-8-4-5-9(16)15-14-8/h1-5H,(H,13,14)(H,15,16). The monoisotopic (exact) mass is 255 g/mol. The molecule has 1 aromatic carbocycles. The number of nitrogens with one attached hydrogen (secondary N) is 2. The highest BCUT2D eigenvalue weighted by molar-refractivity contribution is 6.43. The summed E-state index contributed by atoms with van der Waals surface area (Å²) in [6.45, 7) is 0. The van der Waals surface area contributed by atoms with Crippen molar-refractivity contribution in [3.63, 3.8) is 0 Å².